The first kappa shape index (κ1) is 22.6. The molecule has 0 radical (unpaired) electrons. The van der Waals surface area contributed by atoms with Gasteiger partial charge in [0.2, 0.25) is 10.0 Å². The molecule has 2 aromatic carbocycles. The smallest absolute Gasteiger partial charge is 0.293 e. The average Bonchev–Trinajstić information content (AvgIpc) is 2.67. The van der Waals surface area contributed by atoms with Crippen LogP contribution >= 0.6 is 0 Å². The van der Waals surface area contributed by atoms with Crippen LogP contribution in [-0.2, 0) is 10.0 Å². The van der Waals surface area contributed by atoms with Crippen LogP contribution in [0.3, 0.4) is 0 Å². The topological polar surface area (TPSA) is 105 Å². The van der Waals surface area contributed by atoms with Gasteiger partial charge < -0.3 is 14.5 Å². The third-order valence-corrected chi connectivity index (χ3v) is 5.61. The van der Waals surface area contributed by atoms with Gasteiger partial charge in [-0.05, 0) is 38.4 Å². The van der Waals surface area contributed by atoms with Gasteiger partial charge in [-0.25, -0.2) is 13.1 Å². The van der Waals surface area contributed by atoms with Crippen LogP contribution < -0.4 is 14.4 Å². The molecular formula is C19H26N4O5S. The Morgan fingerprint density at radius 1 is 1.07 bits per heavy atom. The Bertz CT molecular complexity index is 919. The van der Waals surface area contributed by atoms with Crippen LogP contribution in [0.4, 0.5) is 11.4 Å². The van der Waals surface area contributed by atoms with Crippen molar-refractivity contribution in [1.82, 2.24) is 9.62 Å². The molecule has 0 unspecified atom stereocenters. The predicted molar refractivity (Wildman–Crippen MR) is 112 cm³/mol. The number of nitro benzene ring substituents is 1. The fourth-order valence-electron chi connectivity index (χ4n) is 2.56. The van der Waals surface area contributed by atoms with Crippen LogP contribution in [0.2, 0.25) is 0 Å². The normalized spacial score (nSPS) is 11.4. The quantitative estimate of drug-likeness (QED) is 0.436. The molecular weight excluding hydrogens is 396 g/mol. The molecule has 9 nitrogen and oxygen atoms in total. The maximum absolute atomic E-state index is 12.4. The molecule has 0 atom stereocenters. The second-order valence-corrected chi connectivity index (χ2v) is 8.46. The molecule has 2 rings (SSSR count). The number of hydrogen-bond donors (Lipinski definition) is 1. The molecule has 158 valence electrons. The summed E-state index contributed by atoms with van der Waals surface area (Å²) in [4.78, 5) is 14.3. The predicted octanol–water partition coefficient (Wildman–Crippen LogP) is 1.95. The van der Waals surface area contributed by atoms with Gasteiger partial charge >= 0.3 is 0 Å². The minimum atomic E-state index is -3.83. The maximum atomic E-state index is 12.4. The van der Waals surface area contributed by atoms with E-state index < -0.39 is 14.9 Å². The van der Waals surface area contributed by atoms with Gasteiger partial charge in [0.25, 0.3) is 5.69 Å². The summed E-state index contributed by atoms with van der Waals surface area (Å²) in [6.45, 7) is 1.44. The third kappa shape index (κ3) is 6.70. The molecule has 2 aromatic rings. The molecule has 0 aromatic heterocycles. The summed E-state index contributed by atoms with van der Waals surface area (Å²) >= 11 is 0. The van der Waals surface area contributed by atoms with Crippen molar-refractivity contribution in [3.63, 3.8) is 0 Å². The van der Waals surface area contributed by atoms with E-state index >= 15 is 0 Å². The van der Waals surface area contributed by atoms with E-state index in [1.165, 1.54) is 12.1 Å². The minimum Gasteiger partial charge on any atom is -0.492 e. The van der Waals surface area contributed by atoms with Crippen molar-refractivity contribution in [2.24, 2.45) is 0 Å². The number of nitrogens with zero attached hydrogens (tertiary/aromatic N) is 3. The zero-order valence-electron chi connectivity index (χ0n) is 16.7. The molecule has 10 heteroatoms. The lowest BCUT2D eigenvalue weighted by molar-refractivity contribution is -0.384. The van der Waals surface area contributed by atoms with Gasteiger partial charge in [0.15, 0.2) is 0 Å². The fraction of sp³-hybridized carbons (Fsp3) is 0.368. The highest BCUT2D eigenvalue weighted by atomic mass is 32.2. The summed E-state index contributed by atoms with van der Waals surface area (Å²) in [5, 5.41) is 11.5. The van der Waals surface area contributed by atoms with Crippen LogP contribution in [0.25, 0.3) is 0 Å². The van der Waals surface area contributed by atoms with E-state index in [0.29, 0.717) is 31.1 Å². The van der Waals surface area contributed by atoms with E-state index in [2.05, 4.69) is 4.72 Å². The number of likely N-dealkylation sites (N-methyl/N-ethyl adjacent to an activating group) is 2. The van der Waals surface area contributed by atoms with E-state index in [1.807, 2.05) is 49.3 Å². The maximum Gasteiger partial charge on any atom is 0.293 e. The number of rotatable bonds is 11. The Kier molecular flexibility index (Phi) is 7.94. The van der Waals surface area contributed by atoms with E-state index in [1.54, 1.807) is 11.9 Å². The highest BCUT2D eigenvalue weighted by Gasteiger charge is 2.23. The number of ether oxygens (including phenoxy) is 1. The number of para-hydroxylation sites is 1. The number of nitrogens with one attached hydrogen (secondary N) is 1. The molecule has 0 aliphatic carbocycles. The lowest BCUT2D eigenvalue weighted by atomic mass is 10.2. The molecule has 0 saturated heterocycles. The Morgan fingerprint density at radius 3 is 2.38 bits per heavy atom. The van der Waals surface area contributed by atoms with Gasteiger partial charge in [0.05, 0.1) is 16.4 Å². The number of benzene rings is 2. The van der Waals surface area contributed by atoms with E-state index in [0.717, 1.165) is 6.07 Å². The largest absolute Gasteiger partial charge is 0.492 e. The van der Waals surface area contributed by atoms with Gasteiger partial charge in [0, 0.05) is 26.2 Å². The van der Waals surface area contributed by atoms with Gasteiger partial charge in [-0.1, -0.05) is 18.2 Å². The molecule has 29 heavy (non-hydrogen) atoms. The third-order valence-electron chi connectivity index (χ3n) is 4.15. The van der Waals surface area contributed by atoms with Crippen molar-refractivity contribution in [3.8, 4) is 5.75 Å². The Balaban J connectivity index is 2.11. The summed E-state index contributed by atoms with van der Waals surface area (Å²) in [7, 11) is 1.51. The second kappa shape index (κ2) is 10.2. The van der Waals surface area contributed by atoms with E-state index in [4.69, 9.17) is 4.74 Å². The van der Waals surface area contributed by atoms with Gasteiger partial charge in [-0.15, -0.1) is 0 Å². The zero-order valence-corrected chi connectivity index (χ0v) is 17.6. The van der Waals surface area contributed by atoms with Crippen LogP contribution in [0.5, 0.6) is 5.75 Å². The van der Waals surface area contributed by atoms with E-state index in [-0.39, 0.29) is 17.1 Å². The molecule has 0 heterocycles. The monoisotopic (exact) mass is 422 g/mol. The standard InChI is InChI=1S/C19H26N4O5S/c1-21(2)12-11-20-29(26,27)17-9-10-18(19(15-17)23(24)25)22(3)13-14-28-16-7-5-4-6-8-16/h4-10,15,20H,11-14H2,1-3H3. The lowest BCUT2D eigenvalue weighted by Gasteiger charge is -2.20. The first-order valence-electron chi connectivity index (χ1n) is 9.02. The highest BCUT2D eigenvalue weighted by Crippen LogP contribution is 2.30. The lowest BCUT2D eigenvalue weighted by Crippen LogP contribution is -2.31. The summed E-state index contributed by atoms with van der Waals surface area (Å²) in [5.74, 6) is 0.709. The first-order chi connectivity index (χ1) is 13.7. The number of hydrogen-bond acceptors (Lipinski definition) is 7. The minimum absolute atomic E-state index is 0.138. The van der Waals surface area contributed by atoms with Crippen LogP contribution in [-0.4, -0.2) is 65.6 Å². The van der Waals surface area contributed by atoms with Crippen molar-refractivity contribution < 1.29 is 18.1 Å². The van der Waals surface area contributed by atoms with Crippen LogP contribution in [0, 0.1) is 10.1 Å². The average molecular weight is 423 g/mol. The number of anilines is 1. The summed E-state index contributed by atoms with van der Waals surface area (Å²) < 4.78 is 32.9. The van der Waals surface area contributed by atoms with Gasteiger partial charge in [-0.3, -0.25) is 10.1 Å². The van der Waals surface area contributed by atoms with Gasteiger partial charge in [0.1, 0.15) is 18.0 Å². The van der Waals surface area contributed by atoms with Crippen LogP contribution in [0.1, 0.15) is 0 Å². The summed E-state index contributed by atoms with van der Waals surface area (Å²) in [6.07, 6.45) is 0. The number of nitro groups is 1. The van der Waals surface area contributed by atoms with Crippen LogP contribution in [0.15, 0.2) is 53.4 Å². The molecule has 0 amide bonds. The Labute approximate surface area is 171 Å². The van der Waals surface area contributed by atoms with Crippen molar-refractivity contribution in [1.29, 1.82) is 0 Å². The molecule has 0 bridgehead atoms. The summed E-state index contributed by atoms with van der Waals surface area (Å²) in [6, 6.07) is 13.1. The van der Waals surface area contributed by atoms with E-state index in [9.17, 15) is 18.5 Å². The van der Waals surface area contributed by atoms with Crippen molar-refractivity contribution in [2.75, 3.05) is 52.3 Å². The molecule has 0 fully saturated rings. The van der Waals surface area contributed by atoms with Crippen molar-refractivity contribution >= 4 is 21.4 Å². The molecule has 1 N–H and O–H groups in total. The Morgan fingerprint density at radius 2 is 1.76 bits per heavy atom. The van der Waals surface area contributed by atoms with Gasteiger partial charge in [-0.2, -0.15) is 0 Å². The number of sulfonamides is 1. The second-order valence-electron chi connectivity index (χ2n) is 6.69. The molecule has 0 saturated carbocycles. The zero-order chi connectivity index (χ0) is 21.4. The highest BCUT2D eigenvalue weighted by molar-refractivity contribution is 7.89. The van der Waals surface area contributed by atoms with Crippen molar-refractivity contribution in [2.45, 2.75) is 4.90 Å². The molecule has 0 spiro atoms. The molecule has 0 aliphatic rings. The SMILES string of the molecule is CN(C)CCNS(=O)(=O)c1ccc(N(C)CCOc2ccccc2)c([N+](=O)[O-])c1. The molecule has 0 aliphatic heterocycles. The first-order valence-corrected chi connectivity index (χ1v) is 10.5. The Hall–Kier alpha value is -2.69. The summed E-state index contributed by atoms with van der Waals surface area (Å²) in [5.41, 5.74) is 0.0431. The van der Waals surface area contributed by atoms with Crippen molar-refractivity contribution in [3.05, 3.63) is 58.6 Å². The fourth-order valence-corrected chi connectivity index (χ4v) is 3.60.